The average molecular weight is 221 g/mol. The van der Waals surface area contributed by atoms with Gasteiger partial charge in [-0.25, -0.2) is 0 Å². The fourth-order valence-electron chi connectivity index (χ4n) is 2.98. The zero-order chi connectivity index (χ0) is 12.0. The van der Waals surface area contributed by atoms with Crippen molar-refractivity contribution < 1.29 is 9.59 Å². The molecule has 1 heterocycles. The smallest absolute Gasteiger partial charge is 0.254 e. The van der Waals surface area contributed by atoms with Gasteiger partial charge in [0.15, 0.2) is 0 Å². The van der Waals surface area contributed by atoms with Gasteiger partial charge in [-0.1, -0.05) is 33.6 Å². The number of imide groups is 1. The molecule has 0 aromatic heterocycles. The van der Waals surface area contributed by atoms with Gasteiger partial charge in [0, 0.05) is 17.1 Å². The lowest BCUT2D eigenvalue weighted by atomic mass is 9.55. The quantitative estimate of drug-likeness (QED) is 0.690. The van der Waals surface area contributed by atoms with E-state index in [9.17, 15) is 9.59 Å². The Balaban J connectivity index is 2.41. The van der Waals surface area contributed by atoms with E-state index in [2.05, 4.69) is 26.1 Å². The molecule has 2 aliphatic rings. The van der Waals surface area contributed by atoms with Gasteiger partial charge in [0.25, 0.3) is 11.8 Å². The first-order valence-corrected chi connectivity index (χ1v) is 5.94. The van der Waals surface area contributed by atoms with E-state index in [1.807, 2.05) is 0 Å². The van der Waals surface area contributed by atoms with E-state index in [0.717, 1.165) is 19.3 Å². The van der Waals surface area contributed by atoms with E-state index in [4.69, 9.17) is 0 Å². The lowest BCUT2D eigenvalue weighted by molar-refractivity contribution is -0.124. The van der Waals surface area contributed by atoms with Crippen molar-refractivity contribution in [1.29, 1.82) is 0 Å². The molecule has 0 bridgehead atoms. The van der Waals surface area contributed by atoms with Gasteiger partial charge < -0.3 is 0 Å². The van der Waals surface area contributed by atoms with E-state index < -0.39 is 0 Å². The maximum Gasteiger partial charge on any atom is 0.254 e. The van der Waals surface area contributed by atoms with Crippen LogP contribution in [0.3, 0.4) is 0 Å². The van der Waals surface area contributed by atoms with Gasteiger partial charge in [0.05, 0.1) is 0 Å². The molecule has 0 aromatic rings. The summed E-state index contributed by atoms with van der Waals surface area (Å²) in [6.45, 7) is 6.52. The molecule has 0 saturated heterocycles. The predicted octanol–water partition coefficient (Wildman–Crippen LogP) is 2.18. The number of rotatable bonds is 1. The minimum Gasteiger partial charge on any atom is -0.289 e. The first kappa shape index (κ1) is 11.4. The van der Waals surface area contributed by atoms with Crippen molar-refractivity contribution in [3.8, 4) is 0 Å². The highest BCUT2D eigenvalue weighted by Crippen LogP contribution is 2.54. The maximum atomic E-state index is 11.8. The molecule has 1 aliphatic carbocycles. The predicted molar refractivity (Wildman–Crippen MR) is 61.6 cm³/mol. The maximum absolute atomic E-state index is 11.8. The van der Waals surface area contributed by atoms with Crippen LogP contribution in [0.2, 0.25) is 0 Å². The monoisotopic (exact) mass is 221 g/mol. The van der Waals surface area contributed by atoms with Gasteiger partial charge in [-0.3, -0.25) is 14.9 Å². The van der Waals surface area contributed by atoms with Crippen molar-refractivity contribution in [2.24, 2.45) is 10.8 Å². The molecule has 1 atom stereocenters. The lowest BCUT2D eigenvalue weighted by Crippen LogP contribution is -2.42. The minimum atomic E-state index is -0.261. The van der Waals surface area contributed by atoms with Crippen LogP contribution < -0.4 is 5.32 Å². The summed E-state index contributed by atoms with van der Waals surface area (Å²) in [5.74, 6) is -0.454. The van der Waals surface area contributed by atoms with E-state index in [0.29, 0.717) is 5.57 Å². The van der Waals surface area contributed by atoms with Crippen molar-refractivity contribution in [3.05, 3.63) is 11.6 Å². The van der Waals surface area contributed by atoms with E-state index in [-0.39, 0.29) is 22.6 Å². The van der Waals surface area contributed by atoms with Crippen molar-refractivity contribution >= 4 is 11.8 Å². The summed E-state index contributed by atoms with van der Waals surface area (Å²) in [5.41, 5.74) is 0.600. The topological polar surface area (TPSA) is 46.2 Å². The second-order valence-corrected chi connectivity index (χ2v) is 5.80. The Kier molecular flexibility index (Phi) is 2.44. The summed E-state index contributed by atoms with van der Waals surface area (Å²) in [7, 11) is 0. The van der Waals surface area contributed by atoms with Crippen LogP contribution in [-0.2, 0) is 9.59 Å². The number of carbonyl (C=O) groups is 2. The molecule has 0 radical (unpaired) electrons. The normalized spacial score (nSPS) is 33.6. The summed E-state index contributed by atoms with van der Waals surface area (Å²) >= 11 is 0. The molecule has 2 rings (SSSR count). The Morgan fingerprint density at radius 1 is 1.12 bits per heavy atom. The molecule has 0 aromatic carbocycles. The molecule has 16 heavy (non-hydrogen) atoms. The number of nitrogens with one attached hydrogen (secondary N) is 1. The molecule has 0 spiro atoms. The molecular formula is C13H19NO2. The van der Waals surface area contributed by atoms with Gasteiger partial charge in [-0.05, 0) is 18.3 Å². The highest BCUT2D eigenvalue weighted by Gasteiger charge is 2.49. The molecule has 1 fully saturated rings. The lowest BCUT2D eigenvalue weighted by Gasteiger charge is -2.48. The van der Waals surface area contributed by atoms with Crippen LogP contribution in [0.25, 0.3) is 0 Å². The van der Waals surface area contributed by atoms with Gasteiger partial charge in [-0.15, -0.1) is 0 Å². The minimum absolute atomic E-state index is 0.0824. The summed E-state index contributed by atoms with van der Waals surface area (Å²) < 4.78 is 0. The number of hydrogen-bond acceptors (Lipinski definition) is 2. The highest BCUT2D eigenvalue weighted by molar-refractivity contribution is 6.16. The second-order valence-electron chi connectivity index (χ2n) is 5.80. The van der Waals surface area contributed by atoms with E-state index >= 15 is 0 Å². The van der Waals surface area contributed by atoms with Gasteiger partial charge in [0.2, 0.25) is 0 Å². The fraction of sp³-hybridized carbons (Fsp3) is 0.692. The molecule has 1 aliphatic heterocycles. The molecule has 3 heteroatoms. The third-order valence-electron chi connectivity index (χ3n) is 4.57. The van der Waals surface area contributed by atoms with Crippen LogP contribution in [0.1, 0.15) is 46.5 Å². The summed E-state index contributed by atoms with van der Waals surface area (Å²) in [4.78, 5) is 23.0. The Labute approximate surface area is 96.3 Å². The zero-order valence-corrected chi connectivity index (χ0v) is 10.2. The second kappa shape index (κ2) is 3.44. The van der Waals surface area contributed by atoms with Crippen LogP contribution in [-0.4, -0.2) is 11.8 Å². The SMILES string of the molecule is CC1(C)CCCCC1(C)C1=CC(=O)NC1=O. The largest absolute Gasteiger partial charge is 0.289 e. The summed E-state index contributed by atoms with van der Waals surface area (Å²) in [6.07, 6.45) is 5.95. The van der Waals surface area contributed by atoms with Crippen molar-refractivity contribution in [1.82, 2.24) is 5.32 Å². The van der Waals surface area contributed by atoms with E-state index in [1.165, 1.54) is 12.5 Å². The Hall–Kier alpha value is -1.12. The number of carbonyl (C=O) groups excluding carboxylic acids is 2. The summed E-state index contributed by atoms with van der Waals surface area (Å²) in [5, 5.41) is 2.36. The van der Waals surface area contributed by atoms with Gasteiger partial charge in [0.1, 0.15) is 0 Å². The average Bonchev–Trinajstić information content (AvgIpc) is 2.51. The van der Waals surface area contributed by atoms with Crippen LogP contribution in [0, 0.1) is 10.8 Å². The van der Waals surface area contributed by atoms with Crippen LogP contribution in [0.15, 0.2) is 11.6 Å². The fourth-order valence-corrected chi connectivity index (χ4v) is 2.98. The molecule has 3 nitrogen and oxygen atoms in total. The molecular weight excluding hydrogens is 202 g/mol. The first-order valence-electron chi connectivity index (χ1n) is 5.94. The van der Waals surface area contributed by atoms with Crippen molar-refractivity contribution in [3.63, 3.8) is 0 Å². The molecule has 2 amide bonds. The first-order chi connectivity index (χ1) is 7.37. The Morgan fingerprint density at radius 2 is 1.75 bits per heavy atom. The Bertz CT molecular complexity index is 381. The highest BCUT2D eigenvalue weighted by atomic mass is 16.2. The molecule has 1 saturated carbocycles. The molecule has 1 N–H and O–H groups in total. The third-order valence-corrected chi connectivity index (χ3v) is 4.57. The van der Waals surface area contributed by atoms with Crippen molar-refractivity contribution in [2.75, 3.05) is 0 Å². The standard InChI is InChI=1S/C13H19NO2/c1-12(2)6-4-5-7-13(12,3)9-8-10(15)14-11(9)16/h8H,4-7H2,1-3H3,(H,14,15,16). The Morgan fingerprint density at radius 3 is 2.25 bits per heavy atom. The van der Waals surface area contributed by atoms with Crippen LogP contribution in [0.4, 0.5) is 0 Å². The third kappa shape index (κ3) is 1.49. The van der Waals surface area contributed by atoms with Crippen LogP contribution in [0.5, 0.6) is 0 Å². The zero-order valence-electron chi connectivity index (χ0n) is 10.2. The molecule has 88 valence electrons. The number of amides is 2. The molecule has 1 unspecified atom stereocenters. The number of hydrogen-bond donors (Lipinski definition) is 1. The van der Waals surface area contributed by atoms with Gasteiger partial charge >= 0.3 is 0 Å². The van der Waals surface area contributed by atoms with Crippen LogP contribution >= 0.6 is 0 Å². The van der Waals surface area contributed by atoms with Crippen molar-refractivity contribution in [2.45, 2.75) is 46.5 Å². The van der Waals surface area contributed by atoms with Gasteiger partial charge in [-0.2, -0.15) is 0 Å². The summed E-state index contributed by atoms with van der Waals surface area (Å²) in [6, 6.07) is 0. The van der Waals surface area contributed by atoms with E-state index in [1.54, 1.807) is 0 Å².